The molecule has 6 nitrogen and oxygen atoms in total. The first kappa shape index (κ1) is 22.2. The van der Waals surface area contributed by atoms with Crippen LogP contribution in [0.3, 0.4) is 0 Å². The van der Waals surface area contributed by atoms with Crippen LogP contribution in [0, 0.1) is 0 Å². The summed E-state index contributed by atoms with van der Waals surface area (Å²) < 4.78 is 21.8. The fourth-order valence-electron chi connectivity index (χ4n) is 2.68. The zero-order valence-electron chi connectivity index (χ0n) is 15.2. The average Bonchev–Trinajstić information content (AvgIpc) is 2.52. The van der Waals surface area contributed by atoms with E-state index in [0.717, 1.165) is 32.5 Å². The minimum Gasteiger partial charge on any atom is -0.400 e. The van der Waals surface area contributed by atoms with Crippen LogP contribution in [0.15, 0.2) is 0 Å². The largest absolute Gasteiger partial charge is 0.400 e. The molecular weight excluding hydrogens is 316 g/mol. The van der Waals surface area contributed by atoms with Crippen molar-refractivity contribution in [3.63, 3.8) is 0 Å². The summed E-state index contributed by atoms with van der Waals surface area (Å²) in [5.41, 5.74) is 6.73. The highest BCUT2D eigenvalue weighted by molar-refractivity contribution is 6.46. The Hall–Kier alpha value is 0.194. The molecule has 0 aliphatic rings. The summed E-state index contributed by atoms with van der Waals surface area (Å²) in [7, 11) is 3.94. The smallest absolute Gasteiger partial charge is 0.323 e. The zero-order chi connectivity index (χ0) is 17.0. The van der Waals surface area contributed by atoms with Gasteiger partial charge in [0, 0.05) is 41.5 Å². The third-order valence-corrected chi connectivity index (χ3v) is 8.49. The fraction of sp³-hybridized carbons (Fsp3) is 1.00. The van der Waals surface area contributed by atoms with E-state index in [-0.39, 0.29) is 0 Å². The molecule has 0 heterocycles. The van der Waals surface area contributed by atoms with E-state index in [9.17, 15) is 0 Å². The number of hydrogen-bond donors (Lipinski definition) is 1. The van der Waals surface area contributed by atoms with Crippen LogP contribution in [0.5, 0.6) is 0 Å². The van der Waals surface area contributed by atoms with Gasteiger partial charge in [0.05, 0.1) is 0 Å². The van der Waals surface area contributed by atoms with Crippen LogP contribution in [0.2, 0.25) is 11.1 Å². The van der Waals surface area contributed by atoms with Crippen LogP contribution in [0.25, 0.3) is 0 Å². The molecule has 0 aromatic heterocycles. The predicted octanol–water partition coefficient (Wildman–Crippen LogP) is 0.834. The van der Waals surface area contributed by atoms with Gasteiger partial charge in [-0.2, -0.15) is 0 Å². The molecule has 0 aliphatic heterocycles. The topological polar surface area (TPSA) is 66.2 Å². The maximum atomic E-state index is 5.74. The van der Waals surface area contributed by atoms with Gasteiger partial charge >= 0.3 is 18.6 Å². The minimum atomic E-state index is -1.52. The lowest BCUT2D eigenvalue weighted by atomic mass is 10.2. The first-order valence-electron chi connectivity index (χ1n) is 8.07. The molecule has 8 heteroatoms. The second-order valence-electron chi connectivity index (χ2n) is 5.84. The summed E-state index contributed by atoms with van der Waals surface area (Å²) in [5.74, 6) is 0. The molecule has 0 saturated carbocycles. The van der Waals surface area contributed by atoms with Crippen LogP contribution in [-0.2, 0) is 17.7 Å². The normalized spacial score (nSPS) is 15.0. The standard InChI is InChI=1S/C14H36N2O4Si2/c1-13(21(17-3)18-4)7-10-16(12-9-15)11-8-14(2)22(19-5)20-6/h13-14,21-22H,7-12,15H2,1-6H3. The van der Waals surface area contributed by atoms with Crippen molar-refractivity contribution in [1.29, 1.82) is 0 Å². The van der Waals surface area contributed by atoms with E-state index in [1.165, 1.54) is 0 Å². The maximum Gasteiger partial charge on any atom is 0.323 e. The predicted molar refractivity (Wildman–Crippen MR) is 95.9 cm³/mol. The van der Waals surface area contributed by atoms with Crippen LogP contribution in [0.4, 0.5) is 0 Å². The van der Waals surface area contributed by atoms with Crippen molar-refractivity contribution < 1.29 is 17.7 Å². The number of rotatable bonds is 14. The molecule has 2 atom stereocenters. The molecule has 0 aromatic carbocycles. The molecule has 0 bridgehead atoms. The van der Waals surface area contributed by atoms with Crippen molar-refractivity contribution in [1.82, 2.24) is 4.90 Å². The lowest BCUT2D eigenvalue weighted by Crippen LogP contribution is -2.35. The molecule has 134 valence electrons. The summed E-state index contributed by atoms with van der Waals surface area (Å²) in [6.45, 7) is 8.12. The number of hydrogen-bond acceptors (Lipinski definition) is 6. The Kier molecular flexibility index (Phi) is 13.7. The van der Waals surface area contributed by atoms with Crippen molar-refractivity contribution in [2.24, 2.45) is 5.73 Å². The van der Waals surface area contributed by atoms with Gasteiger partial charge < -0.3 is 28.3 Å². The first-order valence-corrected chi connectivity index (χ1v) is 11.3. The summed E-state index contributed by atoms with van der Waals surface area (Å²) in [6.07, 6.45) is 2.17. The van der Waals surface area contributed by atoms with E-state index >= 15 is 0 Å². The molecule has 0 aromatic rings. The van der Waals surface area contributed by atoms with Gasteiger partial charge in [-0.3, -0.25) is 0 Å². The fourth-order valence-corrected chi connectivity index (χ4v) is 5.77. The van der Waals surface area contributed by atoms with Crippen LogP contribution < -0.4 is 5.73 Å². The lowest BCUT2D eigenvalue weighted by molar-refractivity contribution is 0.234. The quantitative estimate of drug-likeness (QED) is 0.467. The van der Waals surface area contributed by atoms with Crippen LogP contribution in [0.1, 0.15) is 26.7 Å². The van der Waals surface area contributed by atoms with E-state index in [4.69, 9.17) is 23.4 Å². The van der Waals surface area contributed by atoms with Crippen LogP contribution >= 0.6 is 0 Å². The second kappa shape index (κ2) is 13.6. The van der Waals surface area contributed by atoms with E-state index < -0.39 is 18.6 Å². The Morgan fingerprint density at radius 2 is 1.14 bits per heavy atom. The highest BCUT2D eigenvalue weighted by Crippen LogP contribution is 2.19. The van der Waals surface area contributed by atoms with E-state index in [0.29, 0.717) is 17.6 Å². The highest BCUT2D eigenvalue weighted by Gasteiger charge is 2.22. The van der Waals surface area contributed by atoms with Gasteiger partial charge in [0.15, 0.2) is 0 Å². The van der Waals surface area contributed by atoms with Crippen molar-refractivity contribution in [3.8, 4) is 0 Å². The molecule has 2 N–H and O–H groups in total. The summed E-state index contributed by atoms with van der Waals surface area (Å²) in [4.78, 5) is 2.43. The second-order valence-corrected chi connectivity index (χ2v) is 11.5. The van der Waals surface area contributed by atoms with Gasteiger partial charge in [-0.1, -0.05) is 13.8 Å². The third kappa shape index (κ3) is 8.73. The van der Waals surface area contributed by atoms with Crippen molar-refractivity contribution >= 4 is 18.6 Å². The maximum absolute atomic E-state index is 5.74. The minimum absolute atomic E-state index is 0.493. The van der Waals surface area contributed by atoms with Gasteiger partial charge in [-0.05, 0) is 37.0 Å². The Morgan fingerprint density at radius 1 is 0.773 bits per heavy atom. The Bertz CT molecular complexity index is 235. The van der Waals surface area contributed by atoms with Gasteiger partial charge in [0.1, 0.15) is 0 Å². The monoisotopic (exact) mass is 352 g/mol. The first-order chi connectivity index (χ1) is 10.5. The van der Waals surface area contributed by atoms with Crippen LogP contribution in [-0.4, -0.2) is 78.1 Å². The van der Waals surface area contributed by atoms with Gasteiger partial charge in [-0.25, -0.2) is 0 Å². The Morgan fingerprint density at radius 3 is 1.41 bits per heavy atom. The molecular formula is C14H36N2O4Si2. The van der Waals surface area contributed by atoms with Crippen molar-refractivity contribution in [2.45, 2.75) is 37.8 Å². The van der Waals surface area contributed by atoms with Gasteiger partial charge in [0.2, 0.25) is 0 Å². The van der Waals surface area contributed by atoms with E-state index in [2.05, 4.69) is 18.7 Å². The third-order valence-electron chi connectivity index (χ3n) is 4.11. The zero-order valence-corrected chi connectivity index (χ0v) is 17.5. The van der Waals surface area contributed by atoms with Crippen molar-refractivity contribution in [3.05, 3.63) is 0 Å². The molecule has 0 amide bonds. The lowest BCUT2D eigenvalue weighted by Gasteiger charge is -2.27. The molecule has 0 rings (SSSR count). The molecule has 0 fully saturated rings. The molecule has 0 spiro atoms. The molecule has 2 unspecified atom stereocenters. The van der Waals surface area contributed by atoms with E-state index in [1.54, 1.807) is 28.4 Å². The summed E-state index contributed by atoms with van der Waals surface area (Å²) >= 11 is 0. The Balaban J connectivity index is 4.25. The highest BCUT2D eigenvalue weighted by atomic mass is 28.3. The number of nitrogens with zero attached hydrogens (tertiary/aromatic N) is 1. The average molecular weight is 353 g/mol. The van der Waals surface area contributed by atoms with Gasteiger partial charge in [-0.15, -0.1) is 0 Å². The SMILES string of the molecule is CO[SiH](OC)C(C)CCN(CCN)CCC(C)[SiH](OC)OC. The van der Waals surface area contributed by atoms with Gasteiger partial charge in [0.25, 0.3) is 0 Å². The molecule has 0 aliphatic carbocycles. The van der Waals surface area contributed by atoms with E-state index in [1.807, 2.05) is 0 Å². The Labute approximate surface area is 139 Å². The molecule has 0 radical (unpaired) electrons. The molecule has 0 saturated heterocycles. The summed E-state index contributed by atoms with van der Waals surface area (Å²) in [6, 6.07) is 0. The summed E-state index contributed by atoms with van der Waals surface area (Å²) in [5, 5.41) is 0. The number of nitrogens with two attached hydrogens (primary N) is 1. The van der Waals surface area contributed by atoms with Crippen molar-refractivity contribution in [2.75, 3.05) is 54.6 Å². The molecule has 22 heavy (non-hydrogen) atoms.